The first kappa shape index (κ1) is 13.2. The van der Waals surface area contributed by atoms with Gasteiger partial charge in [-0.15, -0.1) is 0 Å². The van der Waals surface area contributed by atoms with Crippen molar-refractivity contribution in [3.63, 3.8) is 0 Å². The minimum Gasteiger partial charge on any atom is -0.328 e. The van der Waals surface area contributed by atoms with Crippen molar-refractivity contribution >= 4 is 23.3 Å². The van der Waals surface area contributed by atoms with E-state index in [1.54, 1.807) is 6.07 Å². The molecule has 1 saturated heterocycles. The predicted molar refractivity (Wildman–Crippen MR) is 69.3 cm³/mol. The fraction of sp³-hybridized carbons (Fsp3) is 0.545. The molecule has 0 unspecified atom stereocenters. The molecule has 1 amide bonds. The molecule has 98 valence electrons. The molecule has 0 saturated carbocycles. The maximum Gasteiger partial charge on any atom is 0.239 e. The van der Waals surface area contributed by atoms with Crippen LogP contribution in [0.3, 0.4) is 0 Å². The van der Waals surface area contributed by atoms with Gasteiger partial charge in [0.1, 0.15) is 5.82 Å². The van der Waals surface area contributed by atoms with Crippen molar-refractivity contribution in [1.29, 1.82) is 0 Å². The van der Waals surface area contributed by atoms with Gasteiger partial charge in [0.15, 0.2) is 0 Å². The Morgan fingerprint density at radius 1 is 1.56 bits per heavy atom. The Balaban J connectivity index is 1.82. The summed E-state index contributed by atoms with van der Waals surface area (Å²) in [7, 11) is 0. The van der Waals surface area contributed by atoms with Crippen molar-refractivity contribution in [3.8, 4) is 0 Å². The quantitative estimate of drug-likeness (QED) is 0.781. The summed E-state index contributed by atoms with van der Waals surface area (Å²) in [4.78, 5) is 21.5. The average molecular weight is 270 g/mol. The number of hydrogen-bond acceptors (Lipinski definition) is 5. The first-order valence-electron chi connectivity index (χ1n) is 5.90. The Hall–Kier alpha value is -1.24. The maximum absolute atomic E-state index is 11.8. The van der Waals surface area contributed by atoms with E-state index >= 15 is 0 Å². The number of anilines is 1. The summed E-state index contributed by atoms with van der Waals surface area (Å²) in [6.45, 7) is 2.08. The third-order valence-electron chi connectivity index (χ3n) is 2.89. The molecule has 0 aromatic carbocycles. The van der Waals surface area contributed by atoms with Crippen LogP contribution in [0, 0.1) is 0 Å². The molecule has 6 nitrogen and oxygen atoms in total. The van der Waals surface area contributed by atoms with Gasteiger partial charge in [-0.25, -0.2) is 9.97 Å². The highest BCUT2D eigenvalue weighted by Crippen LogP contribution is 2.09. The summed E-state index contributed by atoms with van der Waals surface area (Å²) in [6.07, 6.45) is 3.38. The number of rotatable bonds is 3. The molecule has 0 atom stereocenters. The zero-order valence-corrected chi connectivity index (χ0v) is 10.7. The van der Waals surface area contributed by atoms with Gasteiger partial charge in [0.05, 0.1) is 6.54 Å². The molecule has 0 radical (unpaired) electrons. The highest BCUT2D eigenvalue weighted by molar-refractivity contribution is 6.28. The highest BCUT2D eigenvalue weighted by Gasteiger charge is 2.18. The number of aromatic nitrogens is 2. The summed E-state index contributed by atoms with van der Waals surface area (Å²) < 4.78 is 0. The lowest BCUT2D eigenvalue weighted by Gasteiger charge is -2.29. The lowest BCUT2D eigenvalue weighted by molar-refractivity contribution is -0.117. The normalized spacial score (nSPS) is 17.7. The van der Waals surface area contributed by atoms with E-state index in [-0.39, 0.29) is 17.2 Å². The largest absolute Gasteiger partial charge is 0.328 e. The Morgan fingerprint density at radius 2 is 2.28 bits per heavy atom. The second kappa shape index (κ2) is 6.08. The molecule has 1 aromatic heterocycles. The Labute approximate surface area is 111 Å². The number of carbonyl (C=O) groups is 1. The van der Waals surface area contributed by atoms with Gasteiger partial charge in [-0.05, 0) is 30.5 Å². The van der Waals surface area contributed by atoms with E-state index in [0.717, 1.165) is 25.9 Å². The van der Waals surface area contributed by atoms with Crippen molar-refractivity contribution in [1.82, 2.24) is 14.9 Å². The lowest BCUT2D eigenvalue weighted by Crippen LogP contribution is -2.43. The van der Waals surface area contributed by atoms with Crippen LogP contribution in [0.25, 0.3) is 0 Å². The lowest BCUT2D eigenvalue weighted by atomic mass is 10.1. The molecule has 1 aliphatic rings. The monoisotopic (exact) mass is 269 g/mol. The average Bonchev–Trinajstić information content (AvgIpc) is 2.32. The van der Waals surface area contributed by atoms with Crippen molar-refractivity contribution in [2.75, 3.05) is 25.0 Å². The van der Waals surface area contributed by atoms with Crippen LogP contribution < -0.4 is 11.1 Å². The van der Waals surface area contributed by atoms with Gasteiger partial charge in [-0.3, -0.25) is 9.69 Å². The molecule has 0 bridgehead atoms. The van der Waals surface area contributed by atoms with E-state index in [4.69, 9.17) is 17.3 Å². The summed E-state index contributed by atoms with van der Waals surface area (Å²) in [5, 5.41) is 2.82. The van der Waals surface area contributed by atoms with Gasteiger partial charge in [0, 0.05) is 25.3 Å². The van der Waals surface area contributed by atoms with Gasteiger partial charge in [-0.1, -0.05) is 0 Å². The minimum atomic E-state index is -0.0970. The topological polar surface area (TPSA) is 84.1 Å². The second-order valence-corrected chi connectivity index (χ2v) is 4.71. The Morgan fingerprint density at radius 3 is 2.94 bits per heavy atom. The first-order valence-corrected chi connectivity index (χ1v) is 6.27. The molecule has 2 heterocycles. The van der Waals surface area contributed by atoms with E-state index in [1.807, 2.05) is 0 Å². The van der Waals surface area contributed by atoms with E-state index in [0.29, 0.717) is 12.4 Å². The summed E-state index contributed by atoms with van der Waals surface area (Å²) in [6, 6.07) is 1.88. The number of piperidine rings is 1. The standard InChI is InChI=1S/C11H16ClN5O/c12-11-14-4-1-9(16-11)15-10(18)7-17-5-2-8(13)3-6-17/h1,4,8H,2-3,5-7,13H2,(H,14,15,16,18). The first-order chi connectivity index (χ1) is 8.63. The molecular weight excluding hydrogens is 254 g/mol. The van der Waals surface area contributed by atoms with Crippen LogP contribution in [0.15, 0.2) is 12.3 Å². The third kappa shape index (κ3) is 3.90. The predicted octanol–water partition coefficient (Wildman–Crippen LogP) is 0.492. The Kier molecular flexibility index (Phi) is 4.46. The van der Waals surface area contributed by atoms with Gasteiger partial charge < -0.3 is 11.1 Å². The van der Waals surface area contributed by atoms with Crippen LogP contribution in [0.2, 0.25) is 5.28 Å². The second-order valence-electron chi connectivity index (χ2n) is 4.37. The molecule has 1 fully saturated rings. The fourth-order valence-electron chi connectivity index (χ4n) is 1.90. The summed E-state index contributed by atoms with van der Waals surface area (Å²) in [5.41, 5.74) is 5.81. The van der Waals surface area contributed by atoms with Crippen LogP contribution >= 0.6 is 11.6 Å². The zero-order valence-electron chi connectivity index (χ0n) is 9.97. The van der Waals surface area contributed by atoms with Crippen LogP contribution in [0.1, 0.15) is 12.8 Å². The van der Waals surface area contributed by atoms with Gasteiger partial charge >= 0.3 is 0 Å². The van der Waals surface area contributed by atoms with Crippen molar-refractivity contribution in [2.24, 2.45) is 5.73 Å². The van der Waals surface area contributed by atoms with Crippen LogP contribution in [0.5, 0.6) is 0 Å². The molecule has 18 heavy (non-hydrogen) atoms. The summed E-state index contributed by atoms with van der Waals surface area (Å²) in [5.74, 6) is 0.328. The molecule has 1 aromatic rings. The molecule has 2 rings (SSSR count). The Bertz CT molecular complexity index is 420. The number of halogens is 1. The third-order valence-corrected chi connectivity index (χ3v) is 3.08. The fourth-order valence-corrected chi connectivity index (χ4v) is 2.05. The molecule has 0 spiro atoms. The summed E-state index contributed by atoms with van der Waals surface area (Å²) >= 11 is 5.64. The van der Waals surface area contributed by atoms with Crippen LogP contribution in [-0.2, 0) is 4.79 Å². The molecule has 1 aliphatic heterocycles. The van der Waals surface area contributed by atoms with E-state index < -0.39 is 0 Å². The number of nitrogens with one attached hydrogen (secondary N) is 1. The van der Waals surface area contributed by atoms with Gasteiger partial charge in [-0.2, -0.15) is 0 Å². The van der Waals surface area contributed by atoms with E-state index in [9.17, 15) is 4.79 Å². The number of hydrogen-bond donors (Lipinski definition) is 2. The maximum atomic E-state index is 11.8. The smallest absolute Gasteiger partial charge is 0.239 e. The molecule has 7 heteroatoms. The SMILES string of the molecule is NC1CCN(CC(=O)Nc2ccnc(Cl)n2)CC1. The van der Waals surface area contributed by atoms with Crippen LogP contribution in [-0.4, -0.2) is 46.5 Å². The molecule has 0 aliphatic carbocycles. The van der Waals surface area contributed by atoms with Gasteiger partial charge in [0.2, 0.25) is 11.2 Å². The van der Waals surface area contributed by atoms with Crippen molar-refractivity contribution in [3.05, 3.63) is 17.5 Å². The number of nitrogens with two attached hydrogens (primary N) is 1. The number of likely N-dealkylation sites (tertiary alicyclic amines) is 1. The van der Waals surface area contributed by atoms with Crippen molar-refractivity contribution < 1.29 is 4.79 Å². The minimum absolute atomic E-state index is 0.0970. The highest BCUT2D eigenvalue weighted by atomic mass is 35.5. The number of nitrogens with zero attached hydrogens (tertiary/aromatic N) is 3. The number of carbonyl (C=O) groups excluding carboxylic acids is 1. The number of amides is 1. The van der Waals surface area contributed by atoms with E-state index in [2.05, 4.69) is 20.2 Å². The van der Waals surface area contributed by atoms with Crippen LogP contribution in [0.4, 0.5) is 5.82 Å². The molecular formula is C11H16ClN5O. The van der Waals surface area contributed by atoms with Crippen molar-refractivity contribution in [2.45, 2.75) is 18.9 Å². The van der Waals surface area contributed by atoms with E-state index in [1.165, 1.54) is 6.20 Å². The van der Waals surface area contributed by atoms with Gasteiger partial charge in [0.25, 0.3) is 0 Å². The molecule has 3 N–H and O–H groups in total. The zero-order chi connectivity index (χ0) is 13.0.